The Kier molecular flexibility index (Phi) is 3.36. The van der Waals surface area contributed by atoms with Gasteiger partial charge in [-0.05, 0) is 35.9 Å². The monoisotopic (exact) mass is 281 g/mol. The summed E-state index contributed by atoms with van der Waals surface area (Å²) in [7, 11) is 0. The van der Waals surface area contributed by atoms with E-state index >= 15 is 0 Å². The van der Waals surface area contributed by atoms with Crippen molar-refractivity contribution >= 4 is 23.3 Å². The molecule has 1 aliphatic heterocycles. The summed E-state index contributed by atoms with van der Waals surface area (Å²) in [4.78, 5) is 16.6. The van der Waals surface area contributed by atoms with Gasteiger partial charge in [-0.3, -0.25) is 9.79 Å². The third kappa shape index (κ3) is 2.60. The van der Waals surface area contributed by atoms with Gasteiger partial charge in [0.2, 0.25) is 0 Å². The van der Waals surface area contributed by atoms with Crippen molar-refractivity contribution in [1.82, 2.24) is 0 Å². The number of allylic oxidation sites excluding steroid dienone is 1. The third-order valence-electron chi connectivity index (χ3n) is 3.23. The molecule has 0 amide bonds. The van der Waals surface area contributed by atoms with Gasteiger partial charge in [-0.25, -0.2) is 4.39 Å². The Morgan fingerprint density at radius 2 is 1.86 bits per heavy atom. The van der Waals surface area contributed by atoms with E-state index in [0.717, 1.165) is 0 Å². The molecule has 0 saturated heterocycles. The fourth-order valence-corrected chi connectivity index (χ4v) is 2.10. The molecule has 0 bridgehead atoms. The van der Waals surface area contributed by atoms with Crippen LogP contribution in [0.15, 0.2) is 54.0 Å². The van der Waals surface area contributed by atoms with E-state index in [1.807, 2.05) is 0 Å². The maximum Gasteiger partial charge on any atom is 0.193 e. The zero-order chi connectivity index (χ0) is 14.8. The van der Waals surface area contributed by atoms with Gasteiger partial charge in [0.25, 0.3) is 0 Å². The molecule has 0 fully saturated rings. The van der Waals surface area contributed by atoms with Gasteiger partial charge in [0.15, 0.2) is 5.78 Å². The molecule has 3 rings (SSSR count). The van der Waals surface area contributed by atoms with Crippen LogP contribution >= 0.6 is 0 Å². The molecule has 1 heterocycles. The summed E-state index contributed by atoms with van der Waals surface area (Å²) in [6, 6.07) is 10.7. The lowest BCUT2D eigenvalue weighted by atomic mass is 9.98. The van der Waals surface area contributed by atoms with E-state index in [9.17, 15) is 9.18 Å². The van der Waals surface area contributed by atoms with Crippen LogP contribution in [0.5, 0.6) is 5.75 Å². The standard InChI is InChI=1S/C17H12FNO2/c1-11(12-2-5-14(18)6-3-12)17(20)13-4-7-16-15(10-13)19-8-9-21-16/h2-8,10H,1,9H2. The summed E-state index contributed by atoms with van der Waals surface area (Å²) in [6.45, 7) is 4.23. The van der Waals surface area contributed by atoms with Gasteiger partial charge in [0.1, 0.15) is 23.9 Å². The van der Waals surface area contributed by atoms with Gasteiger partial charge >= 0.3 is 0 Å². The number of ether oxygens (including phenoxy) is 1. The predicted octanol–water partition coefficient (Wildman–Crippen LogP) is 3.82. The summed E-state index contributed by atoms with van der Waals surface area (Å²) in [5.41, 5.74) is 2.01. The maximum atomic E-state index is 12.9. The van der Waals surface area contributed by atoms with Crippen molar-refractivity contribution in [2.45, 2.75) is 0 Å². The Bertz CT molecular complexity index is 748. The fraction of sp³-hybridized carbons (Fsp3) is 0.0588. The predicted molar refractivity (Wildman–Crippen MR) is 79.9 cm³/mol. The molecule has 0 spiro atoms. The van der Waals surface area contributed by atoms with Crippen molar-refractivity contribution in [1.29, 1.82) is 0 Å². The molecule has 21 heavy (non-hydrogen) atoms. The summed E-state index contributed by atoms with van der Waals surface area (Å²) >= 11 is 0. The van der Waals surface area contributed by atoms with Crippen LogP contribution in [0.2, 0.25) is 0 Å². The number of benzene rings is 2. The zero-order valence-electron chi connectivity index (χ0n) is 11.2. The van der Waals surface area contributed by atoms with Gasteiger partial charge in [-0.1, -0.05) is 18.7 Å². The average molecular weight is 281 g/mol. The van der Waals surface area contributed by atoms with Crippen LogP contribution in [0, 0.1) is 5.82 Å². The Morgan fingerprint density at radius 3 is 2.62 bits per heavy atom. The highest BCUT2D eigenvalue weighted by Crippen LogP contribution is 2.31. The molecular weight excluding hydrogens is 269 g/mol. The second kappa shape index (κ2) is 5.32. The Hall–Kier alpha value is -2.75. The van der Waals surface area contributed by atoms with Crippen molar-refractivity contribution in [3.8, 4) is 5.75 Å². The van der Waals surface area contributed by atoms with Gasteiger partial charge in [0.05, 0.1) is 0 Å². The van der Waals surface area contributed by atoms with Crippen LogP contribution < -0.4 is 4.74 Å². The number of ketones is 1. The van der Waals surface area contributed by atoms with E-state index in [4.69, 9.17) is 4.74 Å². The van der Waals surface area contributed by atoms with Crippen molar-refractivity contribution in [2.75, 3.05) is 6.61 Å². The number of halogens is 1. The van der Waals surface area contributed by atoms with Crippen molar-refractivity contribution in [3.05, 3.63) is 66.0 Å². The van der Waals surface area contributed by atoms with Crippen LogP contribution in [0.25, 0.3) is 5.57 Å². The van der Waals surface area contributed by atoms with Gasteiger partial charge in [-0.2, -0.15) is 0 Å². The van der Waals surface area contributed by atoms with E-state index < -0.39 is 0 Å². The molecule has 0 radical (unpaired) electrons. The van der Waals surface area contributed by atoms with Crippen LogP contribution in [-0.4, -0.2) is 18.6 Å². The second-order valence-electron chi connectivity index (χ2n) is 4.62. The van der Waals surface area contributed by atoms with E-state index in [0.29, 0.717) is 34.7 Å². The molecule has 0 atom stereocenters. The molecule has 1 aliphatic rings. The number of hydrogen-bond donors (Lipinski definition) is 0. The molecule has 3 nitrogen and oxygen atoms in total. The summed E-state index contributed by atoms with van der Waals surface area (Å²) in [5.74, 6) is 0.0888. The van der Waals surface area contributed by atoms with Crippen LogP contribution in [0.3, 0.4) is 0 Å². The highest BCUT2D eigenvalue weighted by atomic mass is 19.1. The first-order valence-electron chi connectivity index (χ1n) is 6.44. The number of hydrogen-bond acceptors (Lipinski definition) is 3. The number of Topliss-reactive ketones (excluding diaryl/α,β-unsaturated/α-hetero) is 1. The first-order valence-corrected chi connectivity index (χ1v) is 6.44. The largest absolute Gasteiger partial charge is 0.486 e. The minimum Gasteiger partial charge on any atom is -0.486 e. The molecule has 0 aliphatic carbocycles. The lowest BCUT2D eigenvalue weighted by Crippen LogP contribution is -2.05. The second-order valence-corrected chi connectivity index (χ2v) is 4.62. The average Bonchev–Trinajstić information content (AvgIpc) is 2.54. The molecule has 2 aromatic rings. The zero-order valence-corrected chi connectivity index (χ0v) is 11.2. The maximum absolute atomic E-state index is 12.9. The van der Waals surface area contributed by atoms with Crippen molar-refractivity contribution in [3.63, 3.8) is 0 Å². The van der Waals surface area contributed by atoms with E-state index in [2.05, 4.69) is 11.6 Å². The highest BCUT2D eigenvalue weighted by molar-refractivity contribution is 6.28. The summed E-state index contributed by atoms with van der Waals surface area (Å²) in [5, 5.41) is 0. The smallest absolute Gasteiger partial charge is 0.193 e. The number of aliphatic imine (C=N–C) groups is 1. The fourth-order valence-electron chi connectivity index (χ4n) is 2.10. The van der Waals surface area contributed by atoms with E-state index in [1.165, 1.54) is 24.3 Å². The van der Waals surface area contributed by atoms with Crippen LogP contribution in [-0.2, 0) is 0 Å². The molecule has 4 heteroatoms. The number of rotatable bonds is 3. The Balaban J connectivity index is 1.90. The first-order chi connectivity index (χ1) is 10.1. The molecule has 0 N–H and O–H groups in total. The highest BCUT2D eigenvalue weighted by Gasteiger charge is 2.15. The molecule has 104 valence electrons. The number of nitrogens with zero attached hydrogens (tertiary/aromatic N) is 1. The van der Waals surface area contributed by atoms with Crippen LogP contribution in [0.1, 0.15) is 15.9 Å². The number of carbonyl (C=O) groups excluding carboxylic acids is 1. The van der Waals surface area contributed by atoms with Gasteiger partial charge in [-0.15, -0.1) is 0 Å². The summed E-state index contributed by atoms with van der Waals surface area (Å²) in [6.07, 6.45) is 1.64. The molecule has 0 aromatic heterocycles. The lowest BCUT2D eigenvalue weighted by molar-refractivity contribution is 0.105. The Morgan fingerprint density at radius 1 is 1.14 bits per heavy atom. The van der Waals surface area contributed by atoms with Crippen LogP contribution in [0.4, 0.5) is 10.1 Å². The minimum atomic E-state index is -0.348. The lowest BCUT2D eigenvalue weighted by Gasteiger charge is -2.12. The molecule has 0 unspecified atom stereocenters. The number of carbonyl (C=O) groups is 1. The van der Waals surface area contributed by atoms with Gasteiger partial charge < -0.3 is 4.74 Å². The molecular formula is C17H12FNO2. The quantitative estimate of drug-likeness (QED) is 0.633. The normalized spacial score (nSPS) is 12.4. The first kappa shape index (κ1) is 13.2. The minimum absolute atomic E-state index is 0.217. The van der Waals surface area contributed by atoms with Gasteiger partial charge in [0, 0.05) is 17.4 Å². The van der Waals surface area contributed by atoms with E-state index in [-0.39, 0.29) is 11.6 Å². The molecule has 0 saturated carbocycles. The van der Waals surface area contributed by atoms with E-state index in [1.54, 1.807) is 24.4 Å². The number of fused-ring (bicyclic) bond motifs is 1. The van der Waals surface area contributed by atoms with Crippen molar-refractivity contribution < 1.29 is 13.9 Å². The summed E-state index contributed by atoms with van der Waals surface area (Å²) < 4.78 is 18.3. The molecule has 2 aromatic carbocycles. The Labute approximate surface area is 121 Å². The SMILES string of the molecule is C=C(C(=O)c1ccc2c(c1)N=CCO2)c1ccc(F)cc1. The topological polar surface area (TPSA) is 38.7 Å². The third-order valence-corrected chi connectivity index (χ3v) is 3.23. The van der Waals surface area contributed by atoms with Crippen molar-refractivity contribution in [2.24, 2.45) is 4.99 Å².